The zero-order valence-electron chi connectivity index (χ0n) is 17.8. The number of rotatable bonds is 6. The average molecular weight is 435 g/mol. The third kappa shape index (κ3) is 5.62. The molecule has 1 aromatic heterocycles. The largest absolute Gasteiger partial charge is 0.378 e. The van der Waals surface area contributed by atoms with E-state index in [1.54, 1.807) is 6.21 Å². The predicted octanol–water partition coefficient (Wildman–Crippen LogP) is 3.93. The van der Waals surface area contributed by atoms with E-state index in [1.165, 1.54) is 23.0 Å². The summed E-state index contributed by atoms with van der Waals surface area (Å²) >= 11 is 1.50. The number of aryl methyl sites for hydroxylation is 2. The first-order valence-corrected chi connectivity index (χ1v) is 11.3. The lowest BCUT2D eigenvalue weighted by Crippen LogP contribution is -2.36. The monoisotopic (exact) mass is 434 g/mol. The number of ether oxygens (including phenoxy) is 1. The van der Waals surface area contributed by atoms with Gasteiger partial charge in [0.2, 0.25) is 5.91 Å². The number of nitrogens with zero attached hydrogens (tertiary/aromatic N) is 3. The lowest BCUT2D eigenvalue weighted by molar-refractivity contribution is -0.118. The van der Waals surface area contributed by atoms with E-state index < -0.39 is 0 Å². The van der Waals surface area contributed by atoms with Crippen LogP contribution < -0.4 is 10.3 Å². The second kappa shape index (κ2) is 9.94. The van der Waals surface area contributed by atoms with Crippen LogP contribution in [-0.2, 0) is 9.53 Å². The Morgan fingerprint density at radius 2 is 1.94 bits per heavy atom. The molecule has 0 atom stereocenters. The number of morpholine rings is 1. The number of benzene rings is 2. The van der Waals surface area contributed by atoms with Crippen LogP contribution in [-0.4, -0.2) is 49.2 Å². The van der Waals surface area contributed by atoms with E-state index in [-0.39, 0.29) is 5.91 Å². The minimum absolute atomic E-state index is 0.138. The Balaban J connectivity index is 1.32. The standard InChI is InChI=1S/C24H26N4O2S/c1-17-3-8-22-21(13-17)23(14-18(2)26-22)31-16-24(29)27-25-15-19-4-6-20(7-5-19)28-9-11-30-12-10-28/h3-8,13-15H,9-12,16H2,1-2H3,(H,27,29)/b25-15-. The Morgan fingerprint density at radius 3 is 2.71 bits per heavy atom. The number of carbonyl (C=O) groups excluding carboxylic acids is 1. The fourth-order valence-electron chi connectivity index (χ4n) is 3.50. The van der Waals surface area contributed by atoms with Crippen LogP contribution >= 0.6 is 11.8 Å². The van der Waals surface area contributed by atoms with Crippen LogP contribution in [0.2, 0.25) is 0 Å². The van der Waals surface area contributed by atoms with Crippen molar-refractivity contribution in [2.24, 2.45) is 5.10 Å². The van der Waals surface area contributed by atoms with Crippen molar-refractivity contribution >= 4 is 40.5 Å². The van der Waals surface area contributed by atoms with Gasteiger partial charge in [-0.05, 0) is 49.7 Å². The second-order valence-corrected chi connectivity index (χ2v) is 8.57. The van der Waals surface area contributed by atoms with Gasteiger partial charge in [0.05, 0.1) is 30.7 Å². The van der Waals surface area contributed by atoms with Gasteiger partial charge in [-0.15, -0.1) is 11.8 Å². The molecule has 1 aliphatic heterocycles. The highest BCUT2D eigenvalue weighted by Gasteiger charge is 2.11. The molecule has 1 N–H and O–H groups in total. The molecule has 0 bridgehead atoms. The summed E-state index contributed by atoms with van der Waals surface area (Å²) in [4.78, 5) is 20.2. The molecular formula is C24H26N4O2S. The molecule has 0 spiro atoms. The van der Waals surface area contributed by atoms with Crippen molar-refractivity contribution < 1.29 is 9.53 Å². The van der Waals surface area contributed by atoms with Gasteiger partial charge in [0, 0.05) is 34.8 Å². The average Bonchev–Trinajstić information content (AvgIpc) is 2.79. The van der Waals surface area contributed by atoms with Crippen molar-refractivity contribution in [1.29, 1.82) is 0 Å². The molecule has 2 aromatic carbocycles. The number of anilines is 1. The molecule has 1 fully saturated rings. The highest BCUT2D eigenvalue weighted by atomic mass is 32.2. The van der Waals surface area contributed by atoms with E-state index in [2.05, 4.69) is 51.6 Å². The summed E-state index contributed by atoms with van der Waals surface area (Å²) in [6, 6.07) is 16.4. The number of amides is 1. The van der Waals surface area contributed by atoms with Crippen molar-refractivity contribution in [3.05, 3.63) is 65.4 Å². The van der Waals surface area contributed by atoms with Crippen molar-refractivity contribution in [2.45, 2.75) is 18.7 Å². The molecule has 4 rings (SSSR count). The minimum Gasteiger partial charge on any atom is -0.378 e. The number of fused-ring (bicyclic) bond motifs is 1. The summed E-state index contributed by atoms with van der Waals surface area (Å²) in [7, 11) is 0. The molecule has 1 amide bonds. The van der Waals surface area contributed by atoms with Gasteiger partial charge < -0.3 is 9.64 Å². The van der Waals surface area contributed by atoms with Crippen LogP contribution in [0.4, 0.5) is 5.69 Å². The first-order chi connectivity index (χ1) is 15.1. The summed E-state index contributed by atoms with van der Waals surface area (Å²) < 4.78 is 5.39. The summed E-state index contributed by atoms with van der Waals surface area (Å²) in [6.45, 7) is 7.38. The van der Waals surface area contributed by atoms with Crippen molar-refractivity contribution in [1.82, 2.24) is 10.4 Å². The van der Waals surface area contributed by atoms with Crippen LogP contribution in [0.5, 0.6) is 0 Å². The molecule has 2 heterocycles. The summed E-state index contributed by atoms with van der Waals surface area (Å²) in [5.74, 6) is 0.154. The molecule has 1 aliphatic rings. The maximum absolute atomic E-state index is 12.3. The zero-order chi connectivity index (χ0) is 21.6. The van der Waals surface area contributed by atoms with Gasteiger partial charge >= 0.3 is 0 Å². The highest BCUT2D eigenvalue weighted by Crippen LogP contribution is 2.28. The molecule has 31 heavy (non-hydrogen) atoms. The van der Waals surface area contributed by atoms with Crippen LogP contribution in [0.15, 0.2) is 58.5 Å². The van der Waals surface area contributed by atoms with Crippen molar-refractivity contribution in [3.63, 3.8) is 0 Å². The van der Waals surface area contributed by atoms with E-state index in [0.717, 1.165) is 53.4 Å². The fraction of sp³-hybridized carbons (Fsp3) is 0.292. The molecule has 0 radical (unpaired) electrons. The third-order valence-electron chi connectivity index (χ3n) is 5.09. The number of pyridine rings is 1. The molecular weight excluding hydrogens is 408 g/mol. The Morgan fingerprint density at radius 1 is 1.16 bits per heavy atom. The van der Waals surface area contributed by atoms with E-state index in [0.29, 0.717) is 5.75 Å². The van der Waals surface area contributed by atoms with Gasteiger partial charge in [-0.2, -0.15) is 5.10 Å². The van der Waals surface area contributed by atoms with E-state index in [9.17, 15) is 4.79 Å². The molecule has 160 valence electrons. The maximum atomic E-state index is 12.3. The maximum Gasteiger partial charge on any atom is 0.250 e. The number of carbonyl (C=O) groups is 1. The molecule has 3 aromatic rings. The number of hydrazone groups is 1. The van der Waals surface area contributed by atoms with E-state index in [4.69, 9.17) is 4.74 Å². The Bertz CT molecular complexity index is 1090. The van der Waals surface area contributed by atoms with Crippen LogP contribution in [0.1, 0.15) is 16.8 Å². The van der Waals surface area contributed by atoms with Gasteiger partial charge in [-0.25, -0.2) is 5.43 Å². The Hall–Kier alpha value is -2.90. The Kier molecular flexibility index (Phi) is 6.84. The number of nitrogens with one attached hydrogen (secondary N) is 1. The third-order valence-corrected chi connectivity index (χ3v) is 6.14. The lowest BCUT2D eigenvalue weighted by Gasteiger charge is -2.28. The van der Waals surface area contributed by atoms with Gasteiger partial charge in [0.25, 0.3) is 0 Å². The zero-order valence-corrected chi connectivity index (χ0v) is 18.6. The first kappa shape index (κ1) is 21.3. The summed E-state index contributed by atoms with van der Waals surface area (Å²) in [6.07, 6.45) is 1.67. The number of thioether (sulfide) groups is 1. The molecule has 6 nitrogen and oxygen atoms in total. The number of aromatic nitrogens is 1. The number of hydrogen-bond acceptors (Lipinski definition) is 6. The van der Waals surface area contributed by atoms with Crippen molar-refractivity contribution in [3.8, 4) is 0 Å². The fourth-order valence-corrected chi connectivity index (χ4v) is 4.43. The lowest BCUT2D eigenvalue weighted by atomic mass is 10.1. The van der Waals surface area contributed by atoms with Gasteiger partial charge in [0.15, 0.2) is 0 Å². The topological polar surface area (TPSA) is 66.8 Å². The smallest absolute Gasteiger partial charge is 0.250 e. The van der Waals surface area contributed by atoms with Crippen LogP contribution in [0.3, 0.4) is 0 Å². The second-order valence-electron chi connectivity index (χ2n) is 7.56. The Labute approximate surface area is 186 Å². The van der Waals surface area contributed by atoms with Crippen LogP contribution in [0, 0.1) is 13.8 Å². The van der Waals surface area contributed by atoms with Gasteiger partial charge in [-0.1, -0.05) is 23.8 Å². The number of hydrogen-bond donors (Lipinski definition) is 1. The SMILES string of the molecule is Cc1ccc2nc(C)cc(SCC(=O)N/N=C\c3ccc(N4CCOCC4)cc3)c2c1. The molecule has 7 heteroatoms. The van der Waals surface area contributed by atoms with E-state index in [1.807, 2.05) is 31.2 Å². The first-order valence-electron chi connectivity index (χ1n) is 10.3. The minimum atomic E-state index is -0.138. The van der Waals surface area contributed by atoms with Gasteiger partial charge in [-0.3, -0.25) is 9.78 Å². The molecule has 0 aliphatic carbocycles. The summed E-state index contributed by atoms with van der Waals surface area (Å²) in [5, 5.41) is 5.18. The van der Waals surface area contributed by atoms with E-state index >= 15 is 0 Å². The summed E-state index contributed by atoms with van der Waals surface area (Å²) in [5.41, 5.74) is 7.81. The quantitative estimate of drug-likeness (QED) is 0.362. The highest BCUT2D eigenvalue weighted by molar-refractivity contribution is 8.00. The molecule has 1 saturated heterocycles. The molecule has 0 unspecified atom stereocenters. The van der Waals surface area contributed by atoms with Crippen LogP contribution in [0.25, 0.3) is 10.9 Å². The van der Waals surface area contributed by atoms with Gasteiger partial charge in [0.1, 0.15) is 0 Å². The predicted molar refractivity (Wildman–Crippen MR) is 127 cm³/mol. The molecule has 0 saturated carbocycles. The normalized spacial score (nSPS) is 14.3. The van der Waals surface area contributed by atoms with Crippen molar-refractivity contribution in [2.75, 3.05) is 37.0 Å².